The number of carbonyl (C=O) groups is 2. The van der Waals surface area contributed by atoms with E-state index < -0.39 is 25.7 Å². The molecule has 0 spiro atoms. The molecule has 1 aromatic carbocycles. The summed E-state index contributed by atoms with van der Waals surface area (Å²) in [4.78, 5) is 24.4. The Morgan fingerprint density at radius 1 is 0.750 bits per heavy atom. The number of amides is 2. The number of unbranched alkanes of at least 4 members (excludes halogenated alkanes) is 14. The second-order valence-corrected chi connectivity index (χ2v) is 11.2. The van der Waals surface area contributed by atoms with Crippen molar-refractivity contribution in [1.29, 1.82) is 0 Å². The standard InChI is InChI=1S/C26H42INO4/c1-3-4-5-6-7-8-9-10-11-12-13-14-15-16-17-18-25(29)28-26(30)23-21-22(2)19-20-24(23)27(31)32/h19-21H,3-18H2,1-2H3,(H,28,29,30). The highest BCUT2D eigenvalue weighted by atomic mass is 127. The summed E-state index contributed by atoms with van der Waals surface area (Å²) in [6, 6.07) is 4.61. The molecule has 0 bridgehead atoms. The van der Waals surface area contributed by atoms with E-state index in [1.807, 2.05) is 0 Å². The lowest BCUT2D eigenvalue weighted by atomic mass is 10.0. The van der Waals surface area contributed by atoms with Crippen LogP contribution in [-0.2, 0) is 10.9 Å². The van der Waals surface area contributed by atoms with Crippen LogP contribution in [0.4, 0.5) is 0 Å². The molecule has 0 atom stereocenters. The Kier molecular flexibility index (Phi) is 16.3. The van der Waals surface area contributed by atoms with Crippen molar-refractivity contribution >= 4 is 31.6 Å². The lowest BCUT2D eigenvalue weighted by molar-refractivity contribution is -0.120. The third-order valence-electron chi connectivity index (χ3n) is 5.79. The average Bonchev–Trinajstić information content (AvgIpc) is 2.76. The fourth-order valence-corrected chi connectivity index (χ4v) is 5.21. The first kappa shape index (κ1) is 28.7. The molecule has 32 heavy (non-hydrogen) atoms. The Balaban J connectivity index is 2.04. The van der Waals surface area contributed by atoms with Crippen LogP contribution in [0.3, 0.4) is 0 Å². The van der Waals surface area contributed by atoms with Gasteiger partial charge in [-0.25, -0.2) is 6.14 Å². The summed E-state index contributed by atoms with van der Waals surface area (Å²) in [5.41, 5.74) is 0.858. The van der Waals surface area contributed by atoms with Crippen LogP contribution in [0, 0.1) is 10.5 Å². The molecular formula is C26H42INO4. The van der Waals surface area contributed by atoms with Crippen molar-refractivity contribution in [3.63, 3.8) is 0 Å². The Morgan fingerprint density at radius 3 is 1.69 bits per heavy atom. The maximum Gasteiger partial charge on any atom is 0.341 e. The number of carbonyl (C=O) groups excluding carboxylic acids is 2. The summed E-state index contributed by atoms with van der Waals surface area (Å²) in [5.74, 6) is -0.960. The van der Waals surface area contributed by atoms with Gasteiger partial charge >= 0.3 is 19.8 Å². The number of imide groups is 1. The van der Waals surface area contributed by atoms with Gasteiger partial charge in [0.2, 0.25) is 5.91 Å². The quantitative estimate of drug-likeness (QED) is 0.147. The topological polar surface area (TPSA) is 80.3 Å². The molecule has 182 valence electrons. The second-order valence-electron chi connectivity index (χ2n) is 8.78. The SMILES string of the molecule is CCCCCCCCCCCCCCCCCC(=O)NC(=O)c1cc(C)ccc1I(=O)=O. The van der Waals surface area contributed by atoms with E-state index in [1.165, 1.54) is 89.2 Å². The van der Waals surface area contributed by atoms with Gasteiger partial charge in [0.25, 0.3) is 5.91 Å². The minimum absolute atomic E-state index is 0.0390. The fraction of sp³-hybridized carbons (Fsp3) is 0.692. The summed E-state index contributed by atoms with van der Waals surface area (Å²) in [6.07, 6.45) is 19.2. The number of nitrogens with one attached hydrogen (secondary N) is 1. The summed E-state index contributed by atoms with van der Waals surface area (Å²) in [7, 11) is 0. The molecular weight excluding hydrogens is 517 g/mol. The lowest BCUT2D eigenvalue weighted by Gasteiger charge is -2.07. The molecule has 0 aliphatic rings. The van der Waals surface area contributed by atoms with E-state index in [1.54, 1.807) is 13.0 Å². The Morgan fingerprint density at radius 2 is 1.22 bits per heavy atom. The van der Waals surface area contributed by atoms with Crippen LogP contribution >= 0.6 is 19.8 Å². The number of hydrogen-bond donors (Lipinski definition) is 1. The monoisotopic (exact) mass is 559 g/mol. The molecule has 0 aliphatic heterocycles. The van der Waals surface area contributed by atoms with Crippen LogP contribution in [0.1, 0.15) is 126 Å². The molecule has 1 N–H and O–H groups in total. The fourth-order valence-electron chi connectivity index (χ4n) is 3.86. The molecule has 5 nitrogen and oxygen atoms in total. The molecule has 0 fully saturated rings. The third-order valence-corrected chi connectivity index (χ3v) is 7.68. The largest absolute Gasteiger partial charge is 0.341 e. The minimum Gasteiger partial charge on any atom is -0.292 e. The van der Waals surface area contributed by atoms with Crippen LogP contribution in [0.2, 0.25) is 0 Å². The molecule has 0 unspecified atom stereocenters. The first-order valence-electron chi connectivity index (χ1n) is 12.5. The average molecular weight is 560 g/mol. The zero-order valence-corrected chi connectivity index (χ0v) is 22.2. The van der Waals surface area contributed by atoms with Crippen molar-refractivity contribution in [2.75, 3.05) is 0 Å². The summed E-state index contributed by atoms with van der Waals surface area (Å²) < 4.78 is 22.9. The molecule has 1 rings (SSSR count). The minimum atomic E-state index is -3.79. The van der Waals surface area contributed by atoms with Gasteiger partial charge in [0.05, 0.1) is 9.13 Å². The highest BCUT2D eigenvalue weighted by molar-refractivity contribution is 14.2. The maximum absolute atomic E-state index is 12.3. The third kappa shape index (κ3) is 13.3. The Hall–Kier alpha value is -1.31. The van der Waals surface area contributed by atoms with Crippen LogP contribution in [0.15, 0.2) is 18.2 Å². The molecule has 0 aromatic heterocycles. The number of benzene rings is 1. The van der Waals surface area contributed by atoms with Crippen LogP contribution < -0.4 is 5.32 Å². The van der Waals surface area contributed by atoms with Gasteiger partial charge < -0.3 is 0 Å². The predicted molar refractivity (Wildman–Crippen MR) is 137 cm³/mol. The van der Waals surface area contributed by atoms with Gasteiger partial charge in [-0.15, -0.1) is 0 Å². The van der Waals surface area contributed by atoms with Gasteiger partial charge in [-0.3, -0.25) is 14.9 Å². The molecule has 2 amide bonds. The molecule has 1 aromatic rings. The maximum atomic E-state index is 12.3. The summed E-state index contributed by atoms with van der Waals surface area (Å²) >= 11 is -3.79. The van der Waals surface area contributed by atoms with Crippen molar-refractivity contribution in [1.82, 2.24) is 5.32 Å². The molecule has 0 aliphatic carbocycles. The van der Waals surface area contributed by atoms with Crippen LogP contribution in [0.25, 0.3) is 0 Å². The van der Waals surface area contributed by atoms with Gasteiger partial charge in [0.15, 0.2) is 0 Å². The van der Waals surface area contributed by atoms with Crippen molar-refractivity contribution in [3.05, 3.63) is 32.9 Å². The number of halogens is 1. The molecule has 0 saturated heterocycles. The number of aryl methyl sites for hydroxylation is 1. The number of hydrogen-bond acceptors (Lipinski definition) is 4. The van der Waals surface area contributed by atoms with Crippen LogP contribution in [-0.4, -0.2) is 11.8 Å². The lowest BCUT2D eigenvalue weighted by Crippen LogP contribution is -2.30. The number of rotatable bonds is 18. The smallest absolute Gasteiger partial charge is 0.292 e. The van der Waals surface area contributed by atoms with E-state index in [-0.39, 0.29) is 15.0 Å². The van der Waals surface area contributed by atoms with Crippen molar-refractivity contribution < 1.29 is 15.7 Å². The van der Waals surface area contributed by atoms with Crippen LogP contribution in [0.5, 0.6) is 0 Å². The summed E-state index contributed by atoms with van der Waals surface area (Å²) in [5, 5.41) is 2.34. The van der Waals surface area contributed by atoms with Gasteiger partial charge in [0, 0.05) is 6.42 Å². The zero-order valence-electron chi connectivity index (χ0n) is 20.1. The molecule has 0 saturated carbocycles. The predicted octanol–water partition coefficient (Wildman–Crippen LogP) is 7.88. The van der Waals surface area contributed by atoms with E-state index in [0.717, 1.165) is 24.8 Å². The zero-order chi connectivity index (χ0) is 23.6. The van der Waals surface area contributed by atoms with E-state index in [0.29, 0.717) is 6.42 Å². The van der Waals surface area contributed by atoms with E-state index >= 15 is 0 Å². The molecule has 6 heteroatoms. The summed E-state index contributed by atoms with van der Waals surface area (Å²) in [6.45, 7) is 4.04. The highest BCUT2D eigenvalue weighted by Crippen LogP contribution is 2.23. The van der Waals surface area contributed by atoms with Gasteiger partial charge in [-0.05, 0) is 25.5 Å². The van der Waals surface area contributed by atoms with E-state index in [4.69, 9.17) is 0 Å². The Labute approximate surface area is 201 Å². The van der Waals surface area contributed by atoms with Gasteiger partial charge in [0.1, 0.15) is 0 Å². The van der Waals surface area contributed by atoms with Crippen molar-refractivity contribution in [3.8, 4) is 0 Å². The second kappa shape index (κ2) is 18.2. The van der Waals surface area contributed by atoms with E-state index in [9.17, 15) is 15.7 Å². The molecule has 0 heterocycles. The normalized spacial score (nSPS) is 11.1. The first-order chi connectivity index (χ1) is 15.5. The van der Waals surface area contributed by atoms with Crippen molar-refractivity contribution in [2.45, 2.75) is 117 Å². The highest BCUT2D eigenvalue weighted by Gasteiger charge is 2.17. The van der Waals surface area contributed by atoms with Crippen molar-refractivity contribution in [2.24, 2.45) is 0 Å². The molecule has 0 radical (unpaired) electrons. The van der Waals surface area contributed by atoms with Gasteiger partial charge in [-0.2, -0.15) is 0 Å². The first-order valence-corrected chi connectivity index (χ1v) is 15.3. The Bertz CT molecular complexity index is 750. The van der Waals surface area contributed by atoms with Gasteiger partial charge in [-0.1, -0.05) is 108 Å². The van der Waals surface area contributed by atoms with E-state index in [2.05, 4.69) is 12.2 Å².